The Morgan fingerprint density at radius 1 is 1.04 bits per heavy atom. The number of carbonyl (C=O) groups excluding carboxylic acids is 2. The number of aliphatic hydroxyl groups is 1. The van der Waals surface area contributed by atoms with Crippen LogP contribution in [0.5, 0.6) is 5.75 Å². The SMILES string of the molecule is CCC1(O)CN(C(=O)OI2CCC(C(=O)N(CC34CCC(c5ccc(OC)c(C)c5)(CC3)CC4)c3cc(-c4cnn(C(C)C)c4)ccn3)CC2)C1. The molecule has 8 rings (SSSR count). The number of aryl methyl sites for hydroxylation is 1. The van der Waals surface area contributed by atoms with Gasteiger partial charge in [-0.25, -0.2) is 0 Å². The molecule has 0 radical (unpaired) electrons. The van der Waals surface area contributed by atoms with E-state index in [4.69, 9.17) is 12.8 Å². The number of fused-ring (bicyclic) bond motifs is 3. The molecule has 2 aromatic heterocycles. The Morgan fingerprint density at radius 3 is 2.35 bits per heavy atom. The minimum absolute atomic E-state index is 0.0549. The van der Waals surface area contributed by atoms with E-state index in [0.29, 0.717) is 31.9 Å². The molecule has 5 fully saturated rings. The van der Waals surface area contributed by atoms with Crippen molar-refractivity contribution in [1.29, 1.82) is 0 Å². The normalized spacial score (nSPS) is 25.1. The molecule has 0 spiro atoms. The second-order valence-electron chi connectivity index (χ2n) is 15.9. The van der Waals surface area contributed by atoms with Crippen LogP contribution in [0.4, 0.5) is 10.6 Å². The van der Waals surface area contributed by atoms with Gasteiger partial charge in [0, 0.05) is 0 Å². The molecule has 276 valence electrons. The average molecular weight is 812 g/mol. The zero-order valence-corrected chi connectivity index (χ0v) is 33.0. The number of aromatic nitrogens is 3. The summed E-state index contributed by atoms with van der Waals surface area (Å²) in [6, 6.07) is 11.0. The monoisotopic (exact) mass is 811 g/mol. The summed E-state index contributed by atoms with van der Waals surface area (Å²) in [4.78, 5) is 36.0. The van der Waals surface area contributed by atoms with Gasteiger partial charge in [0.2, 0.25) is 0 Å². The third-order valence-corrected chi connectivity index (χ3v) is 17.1. The van der Waals surface area contributed by atoms with Gasteiger partial charge in [0.25, 0.3) is 0 Å². The van der Waals surface area contributed by atoms with Gasteiger partial charge in [-0.15, -0.1) is 0 Å². The van der Waals surface area contributed by atoms with Gasteiger partial charge in [-0.1, -0.05) is 0 Å². The van der Waals surface area contributed by atoms with Gasteiger partial charge < -0.3 is 4.74 Å². The Kier molecular flexibility index (Phi) is 10.2. The molecule has 51 heavy (non-hydrogen) atoms. The summed E-state index contributed by atoms with van der Waals surface area (Å²) in [6.07, 6.45) is 14.2. The van der Waals surface area contributed by atoms with Gasteiger partial charge >= 0.3 is 262 Å². The summed E-state index contributed by atoms with van der Waals surface area (Å²) in [6.45, 7) is 9.66. The van der Waals surface area contributed by atoms with Crippen LogP contribution in [0.15, 0.2) is 48.9 Å². The standard InChI is InChI=1S/C40H54IN5O5/c1-6-40(49)26-44(27-40)37(48)51-41-18-9-30(10-19-41)36(47)45(35-22-31(11-20-42-35)32-23-43-46(24-32)28(2)3)25-38-12-15-39(16-13-38,17-14-38)33-7-8-34(50-5)29(4)21-33/h7-8,11,20-24,28,30,49H,6,9-10,12-19,25-27H2,1-5H3. The number of carbonyl (C=O) groups is 2. The number of rotatable bonds is 10. The zero-order chi connectivity index (χ0) is 36.0. The van der Waals surface area contributed by atoms with E-state index in [-0.39, 0.29) is 34.8 Å². The molecule has 11 heteroatoms. The fraction of sp³-hybridized carbons (Fsp3) is 0.600. The molecule has 2 saturated heterocycles. The molecule has 3 aromatic rings. The van der Waals surface area contributed by atoms with Crippen molar-refractivity contribution in [2.45, 2.75) is 103 Å². The summed E-state index contributed by atoms with van der Waals surface area (Å²) < 4.78 is 15.1. The van der Waals surface area contributed by atoms with Gasteiger partial charge in [-0.2, -0.15) is 0 Å². The third kappa shape index (κ3) is 7.26. The molecule has 0 atom stereocenters. The van der Waals surface area contributed by atoms with Crippen LogP contribution in [0.1, 0.15) is 95.7 Å². The molecule has 2 aliphatic heterocycles. The molecule has 2 bridgehead atoms. The van der Waals surface area contributed by atoms with E-state index < -0.39 is 25.8 Å². The molecule has 1 N–H and O–H groups in total. The average Bonchev–Trinajstić information content (AvgIpc) is 3.65. The first-order chi connectivity index (χ1) is 24.4. The summed E-state index contributed by atoms with van der Waals surface area (Å²) in [5, 5.41) is 14.9. The maximum absolute atomic E-state index is 14.7. The molecule has 4 heterocycles. The number of anilines is 1. The summed E-state index contributed by atoms with van der Waals surface area (Å²) in [7, 11) is 1.73. The second-order valence-corrected chi connectivity index (χ2v) is 20.9. The number of nitrogens with zero attached hydrogens (tertiary/aromatic N) is 5. The van der Waals surface area contributed by atoms with E-state index in [2.05, 4.69) is 56.3 Å². The number of likely N-dealkylation sites (tertiary alicyclic amines) is 1. The fourth-order valence-electron chi connectivity index (χ4n) is 8.71. The number of ether oxygens (including phenoxy) is 1. The number of alkyl halides is 2. The van der Waals surface area contributed by atoms with Crippen LogP contribution in [0.25, 0.3) is 11.1 Å². The predicted octanol–water partition coefficient (Wildman–Crippen LogP) is 7.89. The molecule has 3 aliphatic carbocycles. The number of pyridine rings is 1. The Hall–Kier alpha value is -3.19. The molecule has 5 aliphatic rings. The molecular weight excluding hydrogens is 757 g/mol. The molecular formula is C40H54IN5O5. The van der Waals surface area contributed by atoms with Crippen LogP contribution in [-0.4, -0.2) is 78.0 Å². The van der Waals surface area contributed by atoms with Crippen LogP contribution in [0, 0.1) is 18.3 Å². The van der Waals surface area contributed by atoms with Crippen molar-refractivity contribution in [3.8, 4) is 16.9 Å². The van der Waals surface area contributed by atoms with Crippen molar-refractivity contribution >= 4 is 38.1 Å². The quantitative estimate of drug-likeness (QED) is 0.164. The van der Waals surface area contributed by atoms with Crippen LogP contribution in [0.3, 0.4) is 0 Å². The van der Waals surface area contributed by atoms with Crippen molar-refractivity contribution in [3.63, 3.8) is 0 Å². The van der Waals surface area contributed by atoms with Crippen LogP contribution >= 0.6 is 20.2 Å². The summed E-state index contributed by atoms with van der Waals surface area (Å²) in [5.41, 5.74) is 4.10. The number of β-amino-alcohol motifs (C(OH)–C–C–N with tert-alkyl or cyclic N) is 1. The van der Waals surface area contributed by atoms with Gasteiger partial charge in [0.05, 0.1) is 7.11 Å². The number of methoxy groups -OCH3 is 1. The summed E-state index contributed by atoms with van der Waals surface area (Å²) in [5.74, 6) is 1.68. The number of amides is 2. The Bertz CT molecular complexity index is 1720. The van der Waals surface area contributed by atoms with Crippen molar-refractivity contribution < 1.29 is 22.5 Å². The van der Waals surface area contributed by atoms with Gasteiger partial charge in [0.1, 0.15) is 5.75 Å². The van der Waals surface area contributed by atoms with Gasteiger partial charge in [-0.05, 0) is 32.4 Å². The molecule has 1 aromatic carbocycles. The number of benzene rings is 1. The molecule has 2 amide bonds. The Labute approximate surface area is 310 Å². The van der Waals surface area contributed by atoms with Crippen LogP contribution in [-0.2, 0) is 13.3 Å². The van der Waals surface area contributed by atoms with E-state index in [9.17, 15) is 14.7 Å². The number of halogens is 1. The molecule has 0 unspecified atom stereocenters. The number of hydrogen-bond acceptors (Lipinski definition) is 7. The van der Waals surface area contributed by atoms with Crippen molar-refractivity contribution in [1.82, 2.24) is 19.7 Å². The van der Waals surface area contributed by atoms with Crippen LogP contribution in [0.2, 0.25) is 0 Å². The maximum atomic E-state index is 14.7. The number of hydrogen-bond donors (Lipinski definition) is 1. The zero-order valence-electron chi connectivity index (χ0n) is 30.9. The van der Waals surface area contributed by atoms with Gasteiger partial charge in [0.15, 0.2) is 0 Å². The minimum atomic E-state index is -1.99. The molecule has 3 saturated carbocycles. The van der Waals surface area contributed by atoms with Gasteiger partial charge in [-0.3, -0.25) is 0 Å². The van der Waals surface area contributed by atoms with E-state index in [0.717, 1.165) is 77.1 Å². The second kappa shape index (κ2) is 14.3. The van der Waals surface area contributed by atoms with Crippen molar-refractivity contribution in [2.24, 2.45) is 11.3 Å². The Morgan fingerprint density at radius 2 is 1.75 bits per heavy atom. The van der Waals surface area contributed by atoms with E-state index in [1.54, 1.807) is 12.0 Å². The fourth-order valence-corrected chi connectivity index (χ4v) is 13.4. The Balaban J connectivity index is 1.08. The first-order valence-electron chi connectivity index (χ1n) is 18.7. The summed E-state index contributed by atoms with van der Waals surface area (Å²) >= 11 is -1.99. The topological polar surface area (TPSA) is 110 Å². The van der Waals surface area contributed by atoms with E-state index in [1.807, 2.05) is 35.0 Å². The van der Waals surface area contributed by atoms with Crippen LogP contribution < -0.4 is 9.64 Å². The van der Waals surface area contributed by atoms with E-state index >= 15 is 0 Å². The first kappa shape index (κ1) is 36.2. The van der Waals surface area contributed by atoms with Crippen molar-refractivity contribution in [3.05, 3.63) is 60.0 Å². The van der Waals surface area contributed by atoms with Crippen molar-refractivity contribution in [2.75, 3.05) is 40.5 Å². The third-order valence-electron chi connectivity index (χ3n) is 12.4. The predicted molar refractivity (Wildman–Crippen MR) is 208 cm³/mol. The van der Waals surface area contributed by atoms with E-state index in [1.165, 1.54) is 11.1 Å². The molecule has 10 nitrogen and oxygen atoms in total. The first-order valence-corrected chi connectivity index (χ1v) is 22.7.